The van der Waals surface area contributed by atoms with Gasteiger partial charge in [0.1, 0.15) is 5.54 Å². The number of rotatable bonds is 2. The summed E-state index contributed by atoms with van der Waals surface area (Å²) in [4.78, 5) is 27.0. The van der Waals surface area contributed by atoms with Crippen LogP contribution in [0.1, 0.15) is 56.3 Å². The maximum Gasteiger partial charge on any atom is 0.277 e. The van der Waals surface area contributed by atoms with Gasteiger partial charge in [0.05, 0.1) is 11.6 Å². The SMILES string of the molecule is CC1(C)C(=O)N(C2C3CC4CC5CC2CC45C3)N1C(=O)c1cccc2c1OCO2. The van der Waals surface area contributed by atoms with Crippen LogP contribution in [0.4, 0.5) is 0 Å². The van der Waals surface area contributed by atoms with Crippen LogP contribution in [0, 0.1) is 29.1 Å². The van der Waals surface area contributed by atoms with E-state index in [0.717, 1.165) is 11.8 Å². The Morgan fingerprint density at radius 1 is 1.07 bits per heavy atom. The maximum atomic E-state index is 13.7. The highest BCUT2D eigenvalue weighted by molar-refractivity contribution is 6.06. The van der Waals surface area contributed by atoms with Gasteiger partial charge in [0, 0.05) is 0 Å². The van der Waals surface area contributed by atoms with E-state index >= 15 is 0 Å². The summed E-state index contributed by atoms with van der Waals surface area (Å²) in [5.41, 5.74) is 0.250. The van der Waals surface area contributed by atoms with Gasteiger partial charge in [-0.05, 0) is 87.2 Å². The van der Waals surface area contributed by atoms with Gasteiger partial charge >= 0.3 is 0 Å². The van der Waals surface area contributed by atoms with Crippen LogP contribution < -0.4 is 9.47 Å². The van der Waals surface area contributed by atoms with Gasteiger partial charge in [-0.1, -0.05) is 6.07 Å². The molecule has 1 aromatic carbocycles. The normalized spacial score (nSPS) is 42.0. The largest absolute Gasteiger partial charge is 0.454 e. The number of nitrogens with zero attached hydrogens (tertiary/aromatic N) is 2. The van der Waals surface area contributed by atoms with Crippen LogP contribution in [0.3, 0.4) is 0 Å². The van der Waals surface area contributed by atoms with Crippen LogP contribution in [0.25, 0.3) is 0 Å². The van der Waals surface area contributed by atoms with Crippen molar-refractivity contribution in [2.45, 2.75) is 57.5 Å². The van der Waals surface area contributed by atoms with Crippen molar-refractivity contribution in [3.8, 4) is 11.5 Å². The van der Waals surface area contributed by atoms with E-state index in [2.05, 4.69) is 0 Å². The summed E-state index contributed by atoms with van der Waals surface area (Å²) in [6, 6.07) is 5.58. The molecule has 2 aliphatic heterocycles. The number of para-hydroxylation sites is 1. The van der Waals surface area contributed by atoms with Crippen molar-refractivity contribution in [3.05, 3.63) is 23.8 Å². The summed E-state index contributed by atoms with van der Waals surface area (Å²) in [6.45, 7) is 3.85. The van der Waals surface area contributed by atoms with Gasteiger partial charge in [-0.3, -0.25) is 9.59 Å². The average Bonchev–Trinajstić information content (AvgIpc) is 3.33. The molecule has 6 aliphatic rings. The predicted octanol–water partition coefficient (Wildman–Crippen LogP) is 3.22. The van der Waals surface area contributed by atoms with E-state index in [-0.39, 0.29) is 24.6 Å². The molecule has 1 aromatic rings. The Hall–Kier alpha value is -2.24. The number of fused-ring (bicyclic) bond motifs is 3. The molecule has 4 aliphatic carbocycles. The molecule has 1 spiro atoms. The molecule has 29 heavy (non-hydrogen) atoms. The van der Waals surface area contributed by atoms with Crippen molar-refractivity contribution >= 4 is 11.8 Å². The zero-order chi connectivity index (χ0) is 19.7. The Morgan fingerprint density at radius 2 is 1.79 bits per heavy atom. The van der Waals surface area contributed by atoms with Crippen LogP contribution in [-0.4, -0.2) is 40.2 Å². The summed E-state index contributed by atoms with van der Waals surface area (Å²) >= 11 is 0. The van der Waals surface area contributed by atoms with E-state index < -0.39 is 5.54 Å². The van der Waals surface area contributed by atoms with Gasteiger partial charge in [-0.25, -0.2) is 10.0 Å². The lowest BCUT2D eigenvalue weighted by Crippen LogP contribution is -2.79. The number of carbonyl (C=O) groups is 2. The van der Waals surface area contributed by atoms with Gasteiger partial charge in [-0.15, -0.1) is 0 Å². The number of amides is 2. The molecule has 7 rings (SSSR count). The molecule has 2 amide bonds. The van der Waals surface area contributed by atoms with E-state index in [9.17, 15) is 9.59 Å². The number of ether oxygens (including phenoxy) is 2. The second-order valence-electron chi connectivity index (χ2n) is 10.6. The van der Waals surface area contributed by atoms with Crippen LogP contribution in [0.2, 0.25) is 0 Å². The molecular weight excluding hydrogens is 368 g/mol. The quantitative estimate of drug-likeness (QED) is 0.773. The molecule has 4 saturated carbocycles. The number of benzene rings is 1. The molecule has 4 atom stereocenters. The van der Waals surface area contributed by atoms with E-state index in [1.807, 2.05) is 31.0 Å². The topological polar surface area (TPSA) is 59.1 Å². The Labute approximate surface area is 170 Å². The lowest BCUT2D eigenvalue weighted by atomic mass is 9.56. The second kappa shape index (κ2) is 4.90. The number of hydrogen-bond acceptors (Lipinski definition) is 4. The van der Waals surface area contributed by atoms with Gasteiger partial charge in [0.15, 0.2) is 11.5 Å². The fourth-order valence-electron chi connectivity index (χ4n) is 8.10. The molecule has 1 saturated heterocycles. The molecule has 6 nitrogen and oxygen atoms in total. The van der Waals surface area contributed by atoms with Gasteiger partial charge in [-0.2, -0.15) is 0 Å². The van der Waals surface area contributed by atoms with Crippen LogP contribution >= 0.6 is 0 Å². The van der Waals surface area contributed by atoms with Gasteiger partial charge in [0.2, 0.25) is 6.79 Å². The molecule has 0 N–H and O–H groups in total. The highest BCUT2D eigenvalue weighted by atomic mass is 16.7. The third-order valence-electron chi connectivity index (χ3n) is 9.20. The smallest absolute Gasteiger partial charge is 0.277 e. The lowest BCUT2D eigenvalue weighted by molar-refractivity contribution is -0.218. The zero-order valence-electron chi connectivity index (χ0n) is 16.9. The number of carbonyl (C=O) groups excluding carboxylic acids is 2. The molecule has 6 heteroatoms. The van der Waals surface area contributed by atoms with Crippen molar-refractivity contribution in [3.63, 3.8) is 0 Å². The van der Waals surface area contributed by atoms with Crippen molar-refractivity contribution in [2.75, 3.05) is 6.79 Å². The zero-order valence-corrected chi connectivity index (χ0v) is 16.9. The molecule has 4 unspecified atom stereocenters. The predicted molar refractivity (Wildman–Crippen MR) is 103 cm³/mol. The van der Waals surface area contributed by atoms with E-state index in [4.69, 9.17) is 9.47 Å². The first-order chi connectivity index (χ1) is 13.9. The van der Waals surface area contributed by atoms with Crippen molar-refractivity contribution in [2.24, 2.45) is 29.1 Å². The number of hydrazine groups is 1. The fraction of sp³-hybridized carbons (Fsp3) is 0.652. The molecule has 2 heterocycles. The molecule has 152 valence electrons. The first kappa shape index (κ1) is 16.5. The van der Waals surface area contributed by atoms with Gasteiger partial charge < -0.3 is 9.47 Å². The Kier molecular flexibility index (Phi) is 2.80. The minimum atomic E-state index is -0.825. The number of hydrogen-bond donors (Lipinski definition) is 0. The van der Waals surface area contributed by atoms with Crippen molar-refractivity contribution in [1.29, 1.82) is 0 Å². The molecule has 0 aromatic heterocycles. The van der Waals surface area contributed by atoms with Crippen molar-refractivity contribution < 1.29 is 19.1 Å². The highest BCUT2D eigenvalue weighted by Crippen LogP contribution is 2.76. The molecule has 3 bridgehead atoms. The monoisotopic (exact) mass is 394 g/mol. The van der Waals surface area contributed by atoms with E-state index in [0.29, 0.717) is 34.3 Å². The Bertz CT molecular complexity index is 948. The first-order valence-corrected chi connectivity index (χ1v) is 11.0. The highest BCUT2D eigenvalue weighted by Gasteiger charge is 2.72. The van der Waals surface area contributed by atoms with Crippen LogP contribution in [-0.2, 0) is 4.79 Å². The van der Waals surface area contributed by atoms with Gasteiger partial charge in [0.25, 0.3) is 11.8 Å². The average molecular weight is 394 g/mol. The first-order valence-electron chi connectivity index (χ1n) is 11.0. The molecular formula is C23H26N2O4. The second-order valence-corrected chi connectivity index (χ2v) is 10.6. The summed E-state index contributed by atoms with van der Waals surface area (Å²) in [6.07, 6.45) is 6.39. The Morgan fingerprint density at radius 3 is 2.52 bits per heavy atom. The minimum absolute atomic E-state index is 0.0839. The summed E-state index contributed by atoms with van der Waals surface area (Å²) in [5.74, 6) is 3.84. The van der Waals surface area contributed by atoms with E-state index in [1.54, 1.807) is 11.1 Å². The van der Waals surface area contributed by atoms with Crippen LogP contribution in [0.5, 0.6) is 11.5 Å². The molecule has 0 radical (unpaired) electrons. The lowest BCUT2D eigenvalue weighted by Gasteiger charge is -2.60. The van der Waals surface area contributed by atoms with E-state index in [1.165, 1.54) is 32.1 Å². The van der Waals surface area contributed by atoms with Crippen molar-refractivity contribution in [1.82, 2.24) is 10.0 Å². The third kappa shape index (κ3) is 1.73. The summed E-state index contributed by atoms with van der Waals surface area (Å²) in [5, 5.41) is 3.58. The minimum Gasteiger partial charge on any atom is -0.454 e. The maximum absolute atomic E-state index is 13.7. The molecule has 5 fully saturated rings. The summed E-state index contributed by atoms with van der Waals surface area (Å²) < 4.78 is 11.0. The van der Waals surface area contributed by atoms with Crippen LogP contribution in [0.15, 0.2) is 18.2 Å². The third-order valence-corrected chi connectivity index (χ3v) is 9.20. The Balaban J connectivity index is 1.27. The fourth-order valence-corrected chi connectivity index (χ4v) is 8.10. The standard InChI is InChI=1S/C23H26N2O4/c1-22(2)21(27)24(18-12-6-14-8-15-7-13(18)10-23(14,15)9-12)25(22)20(26)16-4-3-5-17-19(16)29-11-28-17/h3-5,12-15,18H,6-11H2,1-2H3. The summed E-state index contributed by atoms with van der Waals surface area (Å²) in [7, 11) is 0.